The standard InChI is InChI=1S/C18H20ClNO3/c1-23-15-6-7-17(19)14(12-15)8-10-20-18(22)16-5-3-2-4-13(16)9-11-21/h2-7,12,21H,8-11H2,1H3,(H,20,22). The van der Waals surface area contributed by atoms with Gasteiger partial charge in [-0.15, -0.1) is 0 Å². The fourth-order valence-corrected chi connectivity index (χ4v) is 2.57. The Balaban J connectivity index is 1.98. The van der Waals surface area contributed by atoms with E-state index in [1.165, 1.54) is 0 Å². The molecule has 0 saturated heterocycles. The maximum Gasteiger partial charge on any atom is 0.251 e. The summed E-state index contributed by atoms with van der Waals surface area (Å²) in [6.07, 6.45) is 1.08. The molecule has 0 saturated carbocycles. The van der Waals surface area contributed by atoms with Gasteiger partial charge in [0.15, 0.2) is 0 Å². The van der Waals surface area contributed by atoms with Crippen molar-refractivity contribution in [3.63, 3.8) is 0 Å². The van der Waals surface area contributed by atoms with E-state index < -0.39 is 0 Å². The molecule has 2 aromatic carbocycles. The monoisotopic (exact) mass is 333 g/mol. The Morgan fingerprint density at radius 2 is 1.96 bits per heavy atom. The second-order valence-electron chi connectivity index (χ2n) is 5.09. The van der Waals surface area contributed by atoms with Gasteiger partial charge in [0.2, 0.25) is 0 Å². The van der Waals surface area contributed by atoms with Crippen LogP contribution in [0.2, 0.25) is 5.02 Å². The average molecular weight is 334 g/mol. The van der Waals surface area contributed by atoms with E-state index in [2.05, 4.69) is 5.32 Å². The topological polar surface area (TPSA) is 58.6 Å². The molecule has 2 aromatic rings. The lowest BCUT2D eigenvalue weighted by molar-refractivity contribution is 0.0953. The molecule has 122 valence electrons. The first-order valence-corrected chi connectivity index (χ1v) is 7.83. The van der Waals surface area contributed by atoms with Crippen LogP contribution in [0.15, 0.2) is 42.5 Å². The highest BCUT2D eigenvalue weighted by Gasteiger charge is 2.10. The Bertz CT molecular complexity index is 673. The van der Waals surface area contributed by atoms with Gasteiger partial charge in [0.05, 0.1) is 7.11 Å². The van der Waals surface area contributed by atoms with E-state index in [-0.39, 0.29) is 12.5 Å². The predicted octanol–water partition coefficient (Wildman–Crippen LogP) is 2.86. The maximum atomic E-state index is 12.3. The van der Waals surface area contributed by atoms with Gasteiger partial charge >= 0.3 is 0 Å². The van der Waals surface area contributed by atoms with Crippen molar-refractivity contribution < 1.29 is 14.6 Å². The molecule has 0 aliphatic carbocycles. The molecule has 0 radical (unpaired) electrons. The molecule has 0 atom stereocenters. The van der Waals surface area contributed by atoms with Gasteiger partial charge in [0.25, 0.3) is 5.91 Å². The summed E-state index contributed by atoms with van der Waals surface area (Å²) < 4.78 is 5.18. The highest BCUT2D eigenvalue weighted by atomic mass is 35.5. The fraction of sp³-hybridized carbons (Fsp3) is 0.278. The van der Waals surface area contributed by atoms with E-state index in [1.54, 1.807) is 25.3 Å². The number of hydrogen-bond donors (Lipinski definition) is 2. The molecule has 4 nitrogen and oxygen atoms in total. The molecule has 0 aliphatic rings. The zero-order valence-electron chi connectivity index (χ0n) is 13.0. The number of aliphatic hydroxyl groups is 1. The third-order valence-electron chi connectivity index (χ3n) is 3.58. The van der Waals surface area contributed by atoms with Crippen LogP contribution in [0.1, 0.15) is 21.5 Å². The Morgan fingerprint density at radius 1 is 1.17 bits per heavy atom. The molecule has 5 heteroatoms. The highest BCUT2D eigenvalue weighted by Crippen LogP contribution is 2.22. The molecule has 0 unspecified atom stereocenters. The number of benzene rings is 2. The second-order valence-corrected chi connectivity index (χ2v) is 5.50. The van der Waals surface area contributed by atoms with Gasteiger partial charge < -0.3 is 15.2 Å². The molecule has 0 aliphatic heterocycles. The Kier molecular flexibility index (Phi) is 6.44. The number of amides is 1. The molecule has 0 fully saturated rings. The fourth-order valence-electron chi connectivity index (χ4n) is 2.36. The number of aliphatic hydroxyl groups excluding tert-OH is 1. The van der Waals surface area contributed by atoms with Crippen molar-refractivity contribution in [3.8, 4) is 5.75 Å². The number of ether oxygens (including phenoxy) is 1. The van der Waals surface area contributed by atoms with Gasteiger partial charge in [-0.25, -0.2) is 0 Å². The van der Waals surface area contributed by atoms with Gasteiger partial charge in [0, 0.05) is 23.7 Å². The summed E-state index contributed by atoms with van der Waals surface area (Å²) in [6.45, 7) is 0.489. The van der Waals surface area contributed by atoms with E-state index in [0.717, 1.165) is 16.9 Å². The number of nitrogens with one attached hydrogen (secondary N) is 1. The summed E-state index contributed by atoms with van der Waals surface area (Å²) >= 11 is 6.16. The molecule has 0 spiro atoms. The van der Waals surface area contributed by atoms with E-state index in [4.69, 9.17) is 21.4 Å². The lowest BCUT2D eigenvalue weighted by Crippen LogP contribution is -2.26. The van der Waals surface area contributed by atoms with Gasteiger partial charge in [-0.3, -0.25) is 4.79 Å². The SMILES string of the molecule is COc1ccc(Cl)c(CCNC(=O)c2ccccc2CCO)c1. The third kappa shape index (κ3) is 4.71. The van der Waals surface area contributed by atoms with Crippen LogP contribution in [-0.2, 0) is 12.8 Å². The van der Waals surface area contributed by atoms with Crippen LogP contribution in [-0.4, -0.2) is 31.3 Å². The lowest BCUT2D eigenvalue weighted by Gasteiger charge is -2.10. The Labute approximate surface area is 141 Å². The zero-order valence-corrected chi connectivity index (χ0v) is 13.8. The van der Waals surface area contributed by atoms with E-state index in [1.807, 2.05) is 24.3 Å². The van der Waals surface area contributed by atoms with Crippen molar-refractivity contribution in [1.29, 1.82) is 0 Å². The molecule has 2 N–H and O–H groups in total. The quantitative estimate of drug-likeness (QED) is 0.819. The summed E-state index contributed by atoms with van der Waals surface area (Å²) in [6, 6.07) is 12.7. The maximum absolute atomic E-state index is 12.3. The van der Waals surface area contributed by atoms with Crippen molar-refractivity contribution in [3.05, 3.63) is 64.2 Å². The van der Waals surface area contributed by atoms with E-state index >= 15 is 0 Å². The van der Waals surface area contributed by atoms with Crippen LogP contribution in [0.3, 0.4) is 0 Å². The third-order valence-corrected chi connectivity index (χ3v) is 3.94. The predicted molar refractivity (Wildman–Crippen MR) is 91.3 cm³/mol. The number of methoxy groups -OCH3 is 1. The minimum absolute atomic E-state index is 0.0176. The summed E-state index contributed by atoms with van der Waals surface area (Å²) in [5, 5.41) is 12.6. The number of rotatable bonds is 7. The molecule has 0 aromatic heterocycles. The molecule has 2 rings (SSSR count). The van der Waals surface area contributed by atoms with Crippen molar-refractivity contribution in [2.75, 3.05) is 20.3 Å². The first kappa shape index (κ1) is 17.3. The molecule has 0 bridgehead atoms. The van der Waals surface area contributed by atoms with Crippen molar-refractivity contribution in [2.45, 2.75) is 12.8 Å². The first-order valence-electron chi connectivity index (χ1n) is 7.45. The van der Waals surface area contributed by atoms with E-state index in [0.29, 0.717) is 30.0 Å². The zero-order chi connectivity index (χ0) is 16.7. The van der Waals surface area contributed by atoms with Gasteiger partial charge in [-0.1, -0.05) is 29.8 Å². The number of carbonyl (C=O) groups excluding carboxylic acids is 1. The average Bonchev–Trinajstić information content (AvgIpc) is 2.57. The van der Waals surface area contributed by atoms with Crippen molar-refractivity contribution >= 4 is 17.5 Å². The normalized spacial score (nSPS) is 10.4. The van der Waals surface area contributed by atoms with Crippen LogP contribution in [0.4, 0.5) is 0 Å². The first-order chi connectivity index (χ1) is 11.2. The largest absolute Gasteiger partial charge is 0.497 e. The summed E-state index contributed by atoms with van der Waals surface area (Å²) in [5.41, 5.74) is 2.36. The number of hydrogen-bond acceptors (Lipinski definition) is 3. The lowest BCUT2D eigenvalue weighted by atomic mass is 10.0. The van der Waals surface area contributed by atoms with Crippen LogP contribution in [0.5, 0.6) is 5.75 Å². The van der Waals surface area contributed by atoms with Crippen LogP contribution < -0.4 is 10.1 Å². The minimum atomic E-state index is -0.145. The number of halogens is 1. The smallest absolute Gasteiger partial charge is 0.251 e. The summed E-state index contributed by atoms with van der Waals surface area (Å²) in [5.74, 6) is 0.595. The molecule has 23 heavy (non-hydrogen) atoms. The van der Waals surface area contributed by atoms with Crippen LogP contribution >= 0.6 is 11.6 Å². The van der Waals surface area contributed by atoms with Crippen LogP contribution in [0.25, 0.3) is 0 Å². The molecular weight excluding hydrogens is 314 g/mol. The van der Waals surface area contributed by atoms with E-state index in [9.17, 15) is 4.79 Å². The Morgan fingerprint density at radius 3 is 2.70 bits per heavy atom. The van der Waals surface area contributed by atoms with Gasteiger partial charge in [-0.05, 0) is 48.2 Å². The molecular formula is C18H20ClNO3. The summed E-state index contributed by atoms with van der Waals surface area (Å²) in [7, 11) is 1.60. The van der Waals surface area contributed by atoms with Gasteiger partial charge in [0.1, 0.15) is 5.75 Å². The second kappa shape index (κ2) is 8.56. The summed E-state index contributed by atoms with van der Waals surface area (Å²) in [4.78, 5) is 12.3. The minimum Gasteiger partial charge on any atom is -0.497 e. The van der Waals surface area contributed by atoms with Crippen molar-refractivity contribution in [1.82, 2.24) is 5.32 Å². The number of carbonyl (C=O) groups is 1. The molecule has 1 amide bonds. The van der Waals surface area contributed by atoms with Crippen LogP contribution in [0, 0.1) is 0 Å². The molecule has 0 heterocycles. The van der Waals surface area contributed by atoms with Crippen molar-refractivity contribution in [2.24, 2.45) is 0 Å². The highest BCUT2D eigenvalue weighted by molar-refractivity contribution is 6.31. The van der Waals surface area contributed by atoms with Gasteiger partial charge in [-0.2, -0.15) is 0 Å². The Hall–Kier alpha value is -2.04.